The fourth-order valence-corrected chi connectivity index (χ4v) is 2.64. The van der Waals surface area contributed by atoms with E-state index >= 15 is 0 Å². The zero-order valence-corrected chi connectivity index (χ0v) is 14.9. The van der Waals surface area contributed by atoms with E-state index in [1.54, 1.807) is 0 Å². The Bertz CT molecular complexity index is 384. The van der Waals surface area contributed by atoms with Gasteiger partial charge in [-0.05, 0) is 18.4 Å². The lowest BCUT2D eigenvalue weighted by molar-refractivity contribution is 0.139. The highest BCUT2D eigenvalue weighted by Crippen LogP contribution is 2.09. The molecule has 0 aliphatic rings. The van der Waals surface area contributed by atoms with E-state index in [4.69, 9.17) is 4.74 Å². The first-order valence-corrected chi connectivity index (χ1v) is 9.45. The molecule has 1 amide bonds. The van der Waals surface area contributed by atoms with Crippen molar-refractivity contribution in [2.75, 3.05) is 11.9 Å². The van der Waals surface area contributed by atoms with Gasteiger partial charge in [-0.2, -0.15) is 0 Å². The van der Waals surface area contributed by atoms with Crippen molar-refractivity contribution in [2.45, 2.75) is 58.0 Å². The molecule has 0 unspecified atom stereocenters. The number of hydrogen-bond donors (Lipinski definition) is 1. The van der Waals surface area contributed by atoms with E-state index in [0.29, 0.717) is 13.2 Å². The van der Waals surface area contributed by atoms with Crippen molar-refractivity contribution < 1.29 is 9.53 Å². The van der Waals surface area contributed by atoms with E-state index in [9.17, 15) is 4.79 Å². The second kappa shape index (κ2) is 13.6. The van der Waals surface area contributed by atoms with Gasteiger partial charge in [0.1, 0.15) is 6.61 Å². The van der Waals surface area contributed by atoms with Crippen LogP contribution in [-0.4, -0.2) is 18.0 Å². The van der Waals surface area contributed by atoms with Crippen LogP contribution < -0.4 is 5.32 Å². The van der Waals surface area contributed by atoms with Crippen LogP contribution in [0, 0.1) is 0 Å². The summed E-state index contributed by atoms with van der Waals surface area (Å²) < 4.78 is 5.16. The van der Waals surface area contributed by atoms with Crippen LogP contribution in [0.25, 0.3) is 0 Å². The Labute approximate surface area is 143 Å². The number of nitrogens with one attached hydrogen (secondary N) is 1. The third kappa shape index (κ3) is 10.7. The number of hydrogen-bond acceptors (Lipinski definition) is 2. The molecule has 0 spiro atoms. The summed E-state index contributed by atoms with van der Waals surface area (Å²) in [4.78, 5) is 11.5. The molecule has 0 heterocycles. The third-order valence-electron chi connectivity index (χ3n) is 3.54. The first-order chi connectivity index (χ1) is 10.8. The Balaban J connectivity index is 1.87. The predicted molar refractivity (Wildman–Crippen MR) is 95.4 cm³/mol. The van der Waals surface area contributed by atoms with Gasteiger partial charge in [0.2, 0.25) is 0 Å². The van der Waals surface area contributed by atoms with Gasteiger partial charge in [0.05, 0.1) is 0 Å². The molecular weight excluding hydrogens is 342 g/mol. The molecule has 0 atom stereocenters. The average molecular weight is 370 g/mol. The smallest absolute Gasteiger partial charge is 0.407 e. The molecule has 0 aliphatic heterocycles. The monoisotopic (exact) mass is 369 g/mol. The summed E-state index contributed by atoms with van der Waals surface area (Å²) in [7, 11) is 0. The van der Waals surface area contributed by atoms with Crippen LogP contribution in [0.4, 0.5) is 4.79 Å². The van der Waals surface area contributed by atoms with Crippen molar-refractivity contribution in [3.05, 3.63) is 35.9 Å². The average Bonchev–Trinajstić information content (AvgIpc) is 2.55. The van der Waals surface area contributed by atoms with Gasteiger partial charge in [-0.3, -0.25) is 0 Å². The maximum absolute atomic E-state index is 11.5. The molecule has 22 heavy (non-hydrogen) atoms. The van der Waals surface area contributed by atoms with Crippen molar-refractivity contribution in [1.82, 2.24) is 5.32 Å². The highest BCUT2D eigenvalue weighted by molar-refractivity contribution is 9.09. The maximum atomic E-state index is 11.5. The summed E-state index contributed by atoms with van der Waals surface area (Å²) in [6, 6.07) is 9.73. The Kier molecular flexibility index (Phi) is 11.8. The zero-order valence-electron chi connectivity index (χ0n) is 13.4. The van der Waals surface area contributed by atoms with Crippen molar-refractivity contribution in [1.29, 1.82) is 0 Å². The van der Waals surface area contributed by atoms with Gasteiger partial charge in [-0.1, -0.05) is 84.8 Å². The fraction of sp³-hybridized carbons (Fsp3) is 0.611. The summed E-state index contributed by atoms with van der Waals surface area (Å²) in [6.45, 7) is 1.04. The molecule has 3 nitrogen and oxygen atoms in total. The van der Waals surface area contributed by atoms with Crippen LogP contribution in [0.1, 0.15) is 56.9 Å². The molecule has 1 aromatic rings. The van der Waals surface area contributed by atoms with Crippen LogP contribution in [0.5, 0.6) is 0 Å². The van der Waals surface area contributed by atoms with Crippen molar-refractivity contribution >= 4 is 22.0 Å². The highest BCUT2D eigenvalue weighted by Gasteiger charge is 2.01. The normalized spacial score (nSPS) is 10.4. The summed E-state index contributed by atoms with van der Waals surface area (Å²) in [6.07, 6.45) is 9.75. The quantitative estimate of drug-likeness (QED) is 0.394. The number of amides is 1. The number of unbranched alkanes of at least 4 members (excludes halogenated alkanes) is 7. The molecule has 0 aromatic heterocycles. The van der Waals surface area contributed by atoms with Crippen LogP contribution >= 0.6 is 15.9 Å². The number of halogens is 1. The summed E-state index contributed by atoms with van der Waals surface area (Å²) in [5, 5.41) is 3.93. The molecule has 0 fully saturated rings. The number of carbonyl (C=O) groups is 1. The van der Waals surface area contributed by atoms with Crippen LogP contribution in [0.2, 0.25) is 0 Å². The molecule has 1 aromatic carbocycles. The van der Waals surface area contributed by atoms with Gasteiger partial charge < -0.3 is 10.1 Å². The van der Waals surface area contributed by atoms with Crippen molar-refractivity contribution in [2.24, 2.45) is 0 Å². The number of carbonyl (C=O) groups excluding carboxylic acids is 1. The van der Waals surface area contributed by atoms with Crippen molar-refractivity contribution in [3.63, 3.8) is 0 Å². The minimum absolute atomic E-state index is 0.321. The second-order valence-corrected chi connectivity index (χ2v) is 6.30. The zero-order chi connectivity index (χ0) is 15.9. The Morgan fingerprint density at radius 1 is 0.909 bits per heavy atom. The SMILES string of the molecule is O=C(NCCCCCCCCCCBr)OCc1ccccc1. The largest absolute Gasteiger partial charge is 0.445 e. The van der Waals surface area contributed by atoms with Crippen LogP contribution in [-0.2, 0) is 11.3 Å². The number of alkyl carbamates (subject to hydrolysis) is 1. The number of ether oxygens (including phenoxy) is 1. The topological polar surface area (TPSA) is 38.3 Å². The Morgan fingerprint density at radius 3 is 2.14 bits per heavy atom. The van der Waals surface area contributed by atoms with E-state index in [1.165, 1.54) is 44.9 Å². The van der Waals surface area contributed by atoms with Crippen molar-refractivity contribution in [3.8, 4) is 0 Å². The number of alkyl halides is 1. The van der Waals surface area contributed by atoms with Gasteiger partial charge >= 0.3 is 6.09 Å². The minimum atomic E-state index is -0.321. The summed E-state index contributed by atoms with van der Waals surface area (Å²) >= 11 is 3.45. The van der Waals surface area contributed by atoms with Crippen LogP contribution in [0.3, 0.4) is 0 Å². The lowest BCUT2D eigenvalue weighted by Gasteiger charge is -2.07. The molecule has 0 saturated carbocycles. The molecule has 4 heteroatoms. The van der Waals surface area contributed by atoms with E-state index in [0.717, 1.165) is 17.3 Å². The lowest BCUT2D eigenvalue weighted by Crippen LogP contribution is -2.25. The van der Waals surface area contributed by atoms with E-state index < -0.39 is 0 Å². The maximum Gasteiger partial charge on any atom is 0.407 e. The predicted octanol–water partition coefficient (Wildman–Crippen LogP) is 5.43. The first kappa shape index (κ1) is 19.0. The molecule has 1 rings (SSSR count). The van der Waals surface area contributed by atoms with Gasteiger partial charge in [-0.25, -0.2) is 4.79 Å². The molecule has 0 saturated heterocycles. The fourth-order valence-electron chi connectivity index (χ4n) is 2.24. The van der Waals surface area contributed by atoms with E-state index in [1.807, 2.05) is 30.3 Å². The Morgan fingerprint density at radius 2 is 1.50 bits per heavy atom. The molecule has 0 bridgehead atoms. The molecule has 0 aliphatic carbocycles. The van der Waals surface area contributed by atoms with Gasteiger partial charge in [0.25, 0.3) is 0 Å². The molecule has 1 N–H and O–H groups in total. The van der Waals surface area contributed by atoms with E-state index in [2.05, 4.69) is 21.2 Å². The molecule has 0 radical (unpaired) electrons. The summed E-state index contributed by atoms with van der Waals surface area (Å²) in [5.41, 5.74) is 1.01. The highest BCUT2D eigenvalue weighted by atomic mass is 79.9. The minimum Gasteiger partial charge on any atom is -0.445 e. The van der Waals surface area contributed by atoms with Gasteiger partial charge in [0, 0.05) is 11.9 Å². The van der Waals surface area contributed by atoms with Crippen LogP contribution in [0.15, 0.2) is 30.3 Å². The number of rotatable bonds is 12. The standard InChI is InChI=1S/C18H28BrNO2/c19-14-10-5-3-1-2-4-6-11-15-20-18(21)22-16-17-12-8-7-9-13-17/h7-9,12-13H,1-6,10-11,14-16H2,(H,20,21). The van der Waals surface area contributed by atoms with Gasteiger partial charge in [0.15, 0.2) is 0 Å². The third-order valence-corrected chi connectivity index (χ3v) is 4.10. The first-order valence-electron chi connectivity index (χ1n) is 8.33. The second-order valence-electron chi connectivity index (χ2n) is 5.51. The number of benzene rings is 1. The Hall–Kier alpha value is -1.03. The van der Waals surface area contributed by atoms with Gasteiger partial charge in [-0.15, -0.1) is 0 Å². The summed E-state index contributed by atoms with van der Waals surface area (Å²) in [5.74, 6) is 0. The molecule has 124 valence electrons. The lowest BCUT2D eigenvalue weighted by atomic mass is 10.1. The van der Waals surface area contributed by atoms with E-state index in [-0.39, 0.29) is 6.09 Å². The molecular formula is C18H28BrNO2.